The van der Waals surface area contributed by atoms with Gasteiger partial charge in [0.05, 0.1) is 27.3 Å². The van der Waals surface area contributed by atoms with E-state index in [1.165, 1.54) is 46.0 Å². The Morgan fingerprint density at radius 1 is 1.16 bits per heavy atom. The third-order valence-corrected chi connectivity index (χ3v) is 8.18. The van der Waals surface area contributed by atoms with E-state index >= 15 is 0 Å². The molecule has 2 unspecified atom stereocenters. The van der Waals surface area contributed by atoms with Crippen molar-refractivity contribution in [2.45, 2.75) is 44.4 Å². The molecule has 1 saturated heterocycles. The zero-order valence-electron chi connectivity index (χ0n) is 18.0. The monoisotopic (exact) mass is 477 g/mol. The average molecular weight is 478 g/mol. The maximum Gasteiger partial charge on any atom is 0.279 e. The molecule has 1 fully saturated rings. The Labute approximate surface area is 189 Å². The molecule has 0 spiro atoms. The molecule has 0 N–H and O–H groups in total. The molecule has 4 rings (SSSR count). The summed E-state index contributed by atoms with van der Waals surface area (Å²) in [6.07, 6.45) is -0.380. The number of sulfonamides is 1. The van der Waals surface area contributed by atoms with E-state index in [0.717, 1.165) is 0 Å². The highest BCUT2D eigenvalue weighted by molar-refractivity contribution is 7.89. The minimum absolute atomic E-state index is 0.114. The van der Waals surface area contributed by atoms with Crippen LogP contribution in [0.1, 0.15) is 31.1 Å². The number of carbonyl (C=O) groups excluding carboxylic acids is 1. The van der Waals surface area contributed by atoms with E-state index < -0.39 is 15.9 Å². The van der Waals surface area contributed by atoms with Gasteiger partial charge in [0, 0.05) is 25.2 Å². The number of aryl methyl sites for hydroxylation is 1. The van der Waals surface area contributed by atoms with E-state index in [1.54, 1.807) is 16.7 Å². The van der Waals surface area contributed by atoms with E-state index in [9.17, 15) is 17.6 Å². The molecule has 0 saturated carbocycles. The molecule has 32 heavy (non-hydrogen) atoms. The first kappa shape index (κ1) is 22.8. The first-order chi connectivity index (χ1) is 15.2. The zero-order chi connectivity index (χ0) is 23.0. The Morgan fingerprint density at radius 2 is 1.81 bits per heavy atom. The summed E-state index contributed by atoms with van der Waals surface area (Å²) < 4.78 is 49.6. The van der Waals surface area contributed by atoms with Crippen LogP contribution in [0.15, 0.2) is 52.4 Å². The van der Waals surface area contributed by atoms with Crippen molar-refractivity contribution in [1.82, 2.24) is 8.87 Å². The quantitative estimate of drug-likeness (QED) is 0.577. The second-order valence-electron chi connectivity index (χ2n) is 7.74. The van der Waals surface area contributed by atoms with Crippen LogP contribution in [0.5, 0.6) is 0 Å². The number of halogens is 1. The molecule has 170 valence electrons. The van der Waals surface area contributed by atoms with Gasteiger partial charge in [-0.05, 0) is 57.2 Å². The van der Waals surface area contributed by atoms with Crippen molar-refractivity contribution in [1.29, 1.82) is 0 Å². The first-order valence-corrected chi connectivity index (χ1v) is 12.6. The summed E-state index contributed by atoms with van der Waals surface area (Å²) in [5, 5.41) is 0. The maximum absolute atomic E-state index is 14.3. The van der Waals surface area contributed by atoms with Crippen LogP contribution in [0, 0.1) is 5.82 Å². The standard InChI is InChI=1S/C22H24FN3O4S2/c1-4-26-20-18(23)6-5-7-19(20)31-22(26)24-21(27)16-8-10-17(11-9-16)32(28,29)25-12-14(2)30-15(3)13-25/h5-11,14-15H,4,12-13H2,1-3H3. The molecular formula is C22H24FN3O4S2. The third kappa shape index (κ3) is 4.27. The van der Waals surface area contributed by atoms with Gasteiger partial charge >= 0.3 is 0 Å². The van der Waals surface area contributed by atoms with E-state index in [0.29, 0.717) is 21.6 Å². The van der Waals surface area contributed by atoms with E-state index in [1.807, 2.05) is 20.8 Å². The second-order valence-corrected chi connectivity index (χ2v) is 10.7. The molecule has 2 atom stereocenters. The Bertz CT molecular complexity index is 1320. The number of fused-ring (bicyclic) bond motifs is 1. The van der Waals surface area contributed by atoms with E-state index in [-0.39, 0.29) is 41.6 Å². The Balaban J connectivity index is 1.63. The minimum atomic E-state index is -3.69. The number of morpholine rings is 1. The van der Waals surface area contributed by atoms with Gasteiger partial charge in [-0.2, -0.15) is 9.30 Å². The van der Waals surface area contributed by atoms with Crippen molar-refractivity contribution in [2.24, 2.45) is 4.99 Å². The molecular weight excluding hydrogens is 453 g/mol. The molecule has 10 heteroatoms. The minimum Gasteiger partial charge on any atom is -0.373 e. The fraction of sp³-hybridized carbons (Fsp3) is 0.364. The lowest BCUT2D eigenvalue weighted by Crippen LogP contribution is -2.48. The van der Waals surface area contributed by atoms with Crippen molar-refractivity contribution in [3.05, 3.63) is 58.6 Å². The largest absolute Gasteiger partial charge is 0.373 e. The van der Waals surface area contributed by atoms with Gasteiger partial charge in [0.15, 0.2) is 4.80 Å². The van der Waals surface area contributed by atoms with Crippen molar-refractivity contribution < 1.29 is 22.3 Å². The molecule has 7 nitrogen and oxygen atoms in total. The lowest BCUT2D eigenvalue weighted by atomic mass is 10.2. The van der Waals surface area contributed by atoms with Crippen molar-refractivity contribution in [3.8, 4) is 0 Å². The molecule has 0 radical (unpaired) electrons. The highest BCUT2D eigenvalue weighted by Gasteiger charge is 2.32. The summed E-state index contributed by atoms with van der Waals surface area (Å²) in [5.41, 5.74) is 0.676. The fourth-order valence-corrected chi connectivity index (χ4v) is 6.56. The van der Waals surface area contributed by atoms with Gasteiger partial charge in [-0.1, -0.05) is 17.4 Å². The van der Waals surface area contributed by atoms with Crippen LogP contribution in [0.3, 0.4) is 0 Å². The van der Waals surface area contributed by atoms with Crippen LogP contribution >= 0.6 is 11.3 Å². The van der Waals surface area contributed by atoms with Crippen molar-refractivity contribution in [3.63, 3.8) is 0 Å². The maximum atomic E-state index is 14.3. The zero-order valence-corrected chi connectivity index (χ0v) is 19.6. The number of rotatable bonds is 4. The number of para-hydroxylation sites is 1. The van der Waals surface area contributed by atoms with Gasteiger partial charge in [-0.3, -0.25) is 4.79 Å². The van der Waals surface area contributed by atoms with Crippen molar-refractivity contribution in [2.75, 3.05) is 13.1 Å². The smallest absolute Gasteiger partial charge is 0.279 e. The molecule has 2 heterocycles. The molecule has 0 bridgehead atoms. The number of aromatic nitrogens is 1. The molecule has 1 aliphatic heterocycles. The van der Waals surface area contributed by atoms with Crippen LogP contribution < -0.4 is 4.80 Å². The van der Waals surface area contributed by atoms with Gasteiger partial charge in [0.25, 0.3) is 5.91 Å². The Kier molecular flexibility index (Phi) is 6.30. The number of hydrogen-bond donors (Lipinski definition) is 0. The molecule has 1 amide bonds. The number of amides is 1. The SMILES string of the molecule is CCn1c(=NC(=O)c2ccc(S(=O)(=O)N3CC(C)OC(C)C3)cc2)sc2cccc(F)c21. The first-order valence-electron chi connectivity index (χ1n) is 10.3. The number of hydrogen-bond acceptors (Lipinski definition) is 5. The van der Waals surface area contributed by atoms with Crippen LogP contribution in [-0.2, 0) is 21.3 Å². The number of ether oxygens (including phenoxy) is 1. The normalized spacial score (nSPS) is 20.7. The van der Waals surface area contributed by atoms with E-state index in [2.05, 4.69) is 4.99 Å². The summed E-state index contributed by atoms with van der Waals surface area (Å²) in [7, 11) is -3.69. The van der Waals surface area contributed by atoms with Gasteiger partial charge in [-0.25, -0.2) is 12.8 Å². The summed E-state index contributed by atoms with van der Waals surface area (Å²) in [4.78, 5) is 17.4. The lowest BCUT2D eigenvalue weighted by molar-refractivity contribution is -0.0440. The Hall–Kier alpha value is -2.40. The summed E-state index contributed by atoms with van der Waals surface area (Å²) >= 11 is 1.23. The average Bonchev–Trinajstić information content (AvgIpc) is 3.11. The number of thiazole rings is 1. The fourth-order valence-electron chi connectivity index (χ4n) is 3.86. The predicted octanol–water partition coefficient (Wildman–Crippen LogP) is 3.40. The van der Waals surface area contributed by atoms with Gasteiger partial charge in [0.2, 0.25) is 10.0 Å². The third-order valence-electron chi connectivity index (χ3n) is 5.29. The predicted molar refractivity (Wildman–Crippen MR) is 121 cm³/mol. The van der Waals surface area contributed by atoms with Crippen molar-refractivity contribution >= 4 is 37.5 Å². The number of nitrogens with zero attached hydrogens (tertiary/aromatic N) is 3. The molecule has 2 aromatic carbocycles. The molecule has 1 aromatic heterocycles. The Morgan fingerprint density at radius 3 is 2.44 bits per heavy atom. The molecule has 1 aliphatic rings. The summed E-state index contributed by atoms with van der Waals surface area (Å²) in [6.45, 7) is 6.55. The van der Waals surface area contributed by atoms with E-state index in [4.69, 9.17) is 4.74 Å². The van der Waals surface area contributed by atoms with Gasteiger partial charge in [0.1, 0.15) is 5.82 Å². The second kappa shape index (κ2) is 8.86. The topological polar surface area (TPSA) is 81.0 Å². The van der Waals surface area contributed by atoms with Gasteiger partial charge in [-0.15, -0.1) is 0 Å². The number of carbonyl (C=O) groups is 1. The highest BCUT2D eigenvalue weighted by atomic mass is 32.2. The highest BCUT2D eigenvalue weighted by Crippen LogP contribution is 2.22. The lowest BCUT2D eigenvalue weighted by Gasteiger charge is -2.34. The van der Waals surface area contributed by atoms with Crippen LogP contribution in [0.4, 0.5) is 4.39 Å². The van der Waals surface area contributed by atoms with Gasteiger partial charge < -0.3 is 9.30 Å². The van der Waals surface area contributed by atoms with Crippen LogP contribution in [-0.4, -0.2) is 48.5 Å². The van der Waals surface area contributed by atoms with Crippen LogP contribution in [0.25, 0.3) is 10.2 Å². The molecule has 3 aromatic rings. The molecule has 0 aliphatic carbocycles. The summed E-state index contributed by atoms with van der Waals surface area (Å²) in [6, 6.07) is 10.5. The van der Waals surface area contributed by atoms with Crippen LogP contribution in [0.2, 0.25) is 0 Å². The summed E-state index contributed by atoms with van der Waals surface area (Å²) in [5.74, 6) is -0.882. The number of benzene rings is 2.